The predicted molar refractivity (Wildman–Crippen MR) is 105 cm³/mol. The summed E-state index contributed by atoms with van der Waals surface area (Å²) in [5.41, 5.74) is 3.22. The van der Waals surface area contributed by atoms with Gasteiger partial charge in [-0.3, -0.25) is 9.69 Å². The van der Waals surface area contributed by atoms with Crippen LogP contribution in [-0.2, 0) is 13.6 Å². The maximum atomic E-state index is 12.8. The Morgan fingerprint density at radius 2 is 1.81 bits per heavy atom. The van der Waals surface area contributed by atoms with Crippen LogP contribution in [0.1, 0.15) is 28.8 Å². The van der Waals surface area contributed by atoms with Crippen LogP contribution in [0.5, 0.6) is 0 Å². The minimum Gasteiger partial charge on any atom is -0.351 e. The number of aromatic nitrogens is 1. The Kier molecular flexibility index (Phi) is 4.76. The van der Waals surface area contributed by atoms with Crippen LogP contribution < -0.4 is 5.32 Å². The number of nitrogens with zero attached hydrogens (tertiary/aromatic N) is 2. The van der Waals surface area contributed by atoms with Crippen LogP contribution in [0.25, 0.3) is 10.9 Å². The Balaban J connectivity index is 1.36. The van der Waals surface area contributed by atoms with E-state index >= 15 is 0 Å². The van der Waals surface area contributed by atoms with Crippen molar-refractivity contribution < 1.29 is 4.79 Å². The van der Waals surface area contributed by atoms with E-state index in [4.69, 9.17) is 0 Å². The second-order valence-corrected chi connectivity index (χ2v) is 7.17. The number of carbonyl (C=O) groups excluding carboxylic acids is 1. The number of rotatable bonds is 4. The van der Waals surface area contributed by atoms with Crippen molar-refractivity contribution in [1.29, 1.82) is 0 Å². The number of carbonyl (C=O) groups is 1. The Labute approximate surface area is 154 Å². The van der Waals surface area contributed by atoms with E-state index in [-0.39, 0.29) is 11.9 Å². The van der Waals surface area contributed by atoms with Crippen molar-refractivity contribution in [3.63, 3.8) is 0 Å². The molecule has 3 aromatic rings. The van der Waals surface area contributed by atoms with Crippen LogP contribution in [0.4, 0.5) is 0 Å². The lowest BCUT2D eigenvalue weighted by molar-refractivity contribution is 0.0910. The number of nitrogens with one attached hydrogen (secondary N) is 1. The van der Waals surface area contributed by atoms with E-state index in [1.807, 2.05) is 42.1 Å². The van der Waals surface area contributed by atoms with Crippen LogP contribution in [0.2, 0.25) is 0 Å². The molecule has 4 nitrogen and oxygen atoms in total. The SMILES string of the molecule is Cn1ccc2c(C(=O)NC3CCN(Cc4ccccc4)CC3)cccc21. The van der Waals surface area contributed by atoms with E-state index in [9.17, 15) is 4.79 Å². The van der Waals surface area contributed by atoms with Crippen molar-refractivity contribution in [1.82, 2.24) is 14.8 Å². The summed E-state index contributed by atoms with van der Waals surface area (Å²) in [6.45, 7) is 3.04. The van der Waals surface area contributed by atoms with Crippen molar-refractivity contribution in [2.45, 2.75) is 25.4 Å². The number of aryl methyl sites for hydroxylation is 1. The van der Waals surface area contributed by atoms with E-state index in [0.717, 1.165) is 48.9 Å². The number of amides is 1. The molecule has 0 radical (unpaired) electrons. The zero-order valence-corrected chi connectivity index (χ0v) is 15.2. The number of hydrogen-bond donors (Lipinski definition) is 1. The maximum Gasteiger partial charge on any atom is 0.252 e. The van der Waals surface area contributed by atoms with Crippen LogP contribution in [0.3, 0.4) is 0 Å². The molecule has 1 fully saturated rings. The molecule has 4 heteroatoms. The molecule has 1 aliphatic heterocycles. The molecule has 1 aromatic heterocycles. The molecule has 0 aliphatic carbocycles. The summed E-state index contributed by atoms with van der Waals surface area (Å²) in [6, 6.07) is 18.8. The molecule has 2 heterocycles. The van der Waals surface area contributed by atoms with Gasteiger partial charge in [-0.25, -0.2) is 0 Å². The summed E-state index contributed by atoms with van der Waals surface area (Å²) in [7, 11) is 2.01. The molecule has 4 rings (SSSR count). The standard InChI is InChI=1S/C22H25N3O/c1-24-13-12-19-20(8-5-9-21(19)24)22(26)23-18-10-14-25(15-11-18)16-17-6-3-2-4-7-17/h2-9,12-13,18H,10-11,14-16H2,1H3,(H,23,26). The maximum absolute atomic E-state index is 12.8. The Morgan fingerprint density at radius 1 is 1.04 bits per heavy atom. The quantitative estimate of drug-likeness (QED) is 0.783. The second kappa shape index (κ2) is 7.34. The number of hydrogen-bond acceptors (Lipinski definition) is 2. The van der Waals surface area contributed by atoms with Crippen LogP contribution >= 0.6 is 0 Å². The third kappa shape index (κ3) is 3.51. The molecule has 134 valence electrons. The molecule has 1 amide bonds. The second-order valence-electron chi connectivity index (χ2n) is 7.17. The van der Waals surface area contributed by atoms with Crippen LogP contribution in [0.15, 0.2) is 60.8 Å². The van der Waals surface area contributed by atoms with Crippen LogP contribution in [0, 0.1) is 0 Å². The molecular formula is C22H25N3O. The summed E-state index contributed by atoms with van der Waals surface area (Å²) < 4.78 is 2.05. The molecule has 1 saturated heterocycles. The lowest BCUT2D eigenvalue weighted by Crippen LogP contribution is -2.44. The van der Waals surface area contributed by atoms with Gasteiger partial charge in [-0.15, -0.1) is 0 Å². The lowest BCUT2D eigenvalue weighted by Gasteiger charge is -2.32. The summed E-state index contributed by atoms with van der Waals surface area (Å²) in [5, 5.41) is 4.27. The molecule has 2 aromatic carbocycles. The molecule has 1 N–H and O–H groups in total. The third-order valence-electron chi connectivity index (χ3n) is 5.34. The third-order valence-corrected chi connectivity index (χ3v) is 5.34. The van der Waals surface area contributed by atoms with Gasteiger partial charge in [0, 0.05) is 55.4 Å². The van der Waals surface area contributed by atoms with E-state index in [1.165, 1.54) is 5.56 Å². The fourth-order valence-corrected chi connectivity index (χ4v) is 3.84. The topological polar surface area (TPSA) is 37.3 Å². The highest BCUT2D eigenvalue weighted by Crippen LogP contribution is 2.20. The molecule has 0 spiro atoms. The first-order valence-corrected chi connectivity index (χ1v) is 9.32. The zero-order valence-electron chi connectivity index (χ0n) is 15.2. The van der Waals surface area contributed by atoms with Gasteiger partial charge in [-0.1, -0.05) is 36.4 Å². The molecule has 1 aliphatic rings. The van der Waals surface area contributed by atoms with E-state index in [2.05, 4.69) is 40.5 Å². The van der Waals surface area contributed by atoms with Gasteiger partial charge in [-0.2, -0.15) is 0 Å². The molecule has 26 heavy (non-hydrogen) atoms. The summed E-state index contributed by atoms with van der Waals surface area (Å²) >= 11 is 0. The minimum absolute atomic E-state index is 0.0447. The van der Waals surface area contributed by atoms with Gasteiger partial charge in [0.1, 0.15) is 0 Å². The fourth-order valence-electron chi connectivity index (χ4n) is 3.84. The van der Waals surface area contributed by atoms with Gasteiger partial charge in [-0.05, 0) is 36.6 Å². The summed E-state index contributed by atoms with van der Waals surface area (Å²) in [4.78, 5) is 15.2. The van der Waals surface area contributed by atoms with Crippen molar-refractivity contribution in [2.24, 2.45) is 7.05 Å². The normalized spacial score (nSPS) is 16.0. The van der Waals surface area contributed by atoms with Crippen molar-refractivity contribution >= 4 is 16.8 Å². The van der Waals surface area contributed by atoms with Crippen LogP contribution in [-0.4, -0.2) is 34.5 Å². The summed E-state index contributed by atoms with van der Waals surface area (Å²) in [6.07, 6.45) is 4.01. The van der Waals surface area contributed by atoms with E-state index < -0.39 is 0 Å². The summed E-state index contributed by atoms with van der Waals surface area (Å²) in [5.74, 6) is 0.0447. The number of likely N-dealkylation sites (tertiary alicyclic amines) is 1. The smallest absolute Gasteiger partial charge is 0.252 e. The van der Waals surface area contributed by atoms with Gasteiger partial charge in [0.05, 0.1) is 0 Å². The molecular weight excluding hydrogens is 322 g/mol. The fraction of sp³-hybridized carbons (Fsp3) is 0.318. The minimum atomic E-state index is 0.0447. The van der Waals surface area contributed by atoms with Crippen molar-refractivity contribution in [3.8, 4) is 0 Å². The number of piperidine rings is 1. The van der Waals surface area contributed by atoms with Gasteiger partial charge in [0.25, 0.3) is 5.91 Å². The highest BCUT2D eigenvalue weighted by atomic mass is 16.1. The molecule has 0 saturated carbocycles. The van der Waals surface area contributed by atoms with Gasteiger partial charge >= 0.3 is 0 Å². The average Bonchev–Trinajstić information content (AvgIpc) is 3.05. The first kappa shape index (κ1) is 16.9. The first-order valence-electron chi connectivity index (χ1n) is 9.32. The van der Waals surface area contributed by atoms with Gasteiger partial charge in [0.15, 0.2) is 0 Å². The molecule has 0 bridgehead atoms. The van der Waals surface area contributed by atoms with E-state index in [0.29, 0.717) is 0 Å². The highest BCUT2D eigenvalue weighted by Gasteiger charge is 2.22. The van der Waals surface area contributed by atoms with E-state index in [1.54, 1.807) is 0 Å². The lowest BCUT2D eigenvalue weighted by atomic mass is 10.0. The average molecular weight is 347 g/mol. The molecule has 0 atom stereocenters. The van der Waals surface area contributed by atoms with Crippen molar-refractivity contribution in [3.05, 3.63) is 71.9 Å². The largest absolute Gasteiger partial charge is 0.351 e. The van der Waals surface area contributed by atoms with Gasteiger partial charge < -0.3 is 9.88 Å². The number of benzene rings is 2. The molecule has 0 unspecified atom stereocenters. The monoisotopic (exact) mass is 347 g/mol. The Morgan fingerprint density at radius 3 is 2.58 bits per heavy atom. The predicted octanol–water partition coefficient (Wildman–Crippen LogP) is 3.57. The highest BCUT2D eigenvalue weighted by molar-refractivity contribution is 6.06. The van der Waals surface area contributed by atoms with Gasteiger partial charge in [0.2, 0.25) is 0 Å². The van der Waals surface area contributed by atoms with Crippen molar-refractivity contribution in [2.75, 3.05) is 13.1 Å². The Bertz CT molecular complexity index is 892. The first-order chi connectivity index (χ1) is 12.7. The Hall–Kier alpha value is -2.59. The zero-order chi connectivity index (χ0) is 17.9. The number of fused-ring (bicyclic) bond motifs is 1.